The lowest BCUT2D eigenvalue weighted by atomic mass is 10.1. The number of aliphatic carboxylic acids is 1. The lowest BCUT2D eigenvalue weighted by molar-refractivity contribution is -0.136. The third kappa shape index (κ3) is 1.72. The molecule has 0 unspecified atom stereocenters. The molecule has 0 amide bonds. The second kappa shape index (κ2) is 3.84. The molecular weight excluding hydrogens is 228 g/mol. The van der Waals surface area contributed by atoms with Gasteiger partial charge in [0, 0.05) is 17.8 Å². The summed E-state index contributed by atoms with van der Waals surface area (Å²) in [5.41, 5.74) is 2.56. The fourth-order valence-corrected chi connectivity index (χ4v) is 2.17. The fraction of sp³-hybridized carbons (Fsp3) is 0.143. The van der Waals surface area contributed by atoms with Crippen LogP contribution < -0.4 is 0 Å². The van der Waals surface area contributed by atoms with Gasteiger partial charge in [0.1, 0.15) is 5.65 Å². The molecule has 18 heavy (non-hydrogen) atoms. The Labute approximate surface area is 104 Å². The third-order valence-electron chi connectivity index (χ3n) is 2.98. The fourth-order valence-electron chi connectivity index (χ4n) is 2.17. The first kappa shape index (κ1) is 10.8. The number of carboxylic acids is 1. The third-order valence-corrected chi connectivity index (χ3v) is 2.98. The summed E-state index contributed by atoms with van der Waals surface area (Å²) in [5.74, 6) is -0.862. The maximum atomic E-state index is 10.7. The van der Waals surface area contributed by atoms with Crippen molar-refractivity contribution in [3.05, 3.63) is 47.9 Å². The molecule has 4 nitrogen and oxygen atoms in total. The predicted molar refractivity (Wildman–Crippen MR) is 68.8 cm³/mol. The summed E-state index contributed by atoms with van der Waals surface area (Å²) in [6.45, 7) is 2.03. The van der Waals surface area contributed by atoms with Gasteiger partial charge in [0.2, 0.25) is 0 Å². The smallest absolute Gasteiger partial charge is 0.309 e. The van der Waals surface area contributed by atoms with Gasteiger partial charge in [0.25, 0.3) is 0 Å². The van der Waals surface area contributed by atoms with Gasteiger partial charge in [-0.05, 0) is 24.4 Å². The highest BCUT2D eigenvalue weighted by Gasteiger charge is 2.08. The van der Waals surface area contributed by atoms with Crippen LogP contribution in [0.1, 0.15) is 11.3 Å². The largest absolute Gasteiger partial charge is 0.481 e. The lowest BCUT2D eigenvalue weighted by Gasteiger charge is -2.01. The molecule has 3 rings (SSSR count). The molecule has 0 aliphatic heterocycles. The zero-order chi connectivity index (χ0) is 12.7. The highest BCUT2D eigenvalue weighted by Crippen LogP contribution is 2.21. The second-order valence-electron chi connectivity index (χ2n) is 4.44. The topological polar surface area (TPSA) is 54.6 Å². The van der Waals surface area contributed by atoms with Crippen molar-refractivity contribution < 1.29 is 9.90 Å². The first-order valence-corrected chi connectivity index (χ1v) is 5.72. The number of fused-ring (bicyclic) bond motifs is 3. The quantitative estimate of drug-likeness (QED) is 0.748. The standard InChI is InChI=1S/C14H12N2O2/c1-9-2-3-10-4-5-16-8-11(7-13(17)18)15-14(16)12(10)6-9/h2-6,8H,7H2,1H3,(H,17,18). The van der Waals surface area contributed by atoms with E-state index in [1.165, 1.54) is 5.56 Å². The average molecular weight is 240 g/mol. The maximum absolute atomic E-state index is 10.7. The second-order valence-corrected chi connectivity index (χ2v) is 4.44. The van der Waals surface area contributed by atoms with Crippen LogP contribution >= 0.6 is 0 Å². The Morgan fingerprint density at radius 3 is 3.00 bits per heavy atom. The Bertz CT molecular complexity index is 759. The van der Waals surface area contributed by atoms with E-state index in [9.17, 15) is 4.79 Å². The van der Waals surface area contributed by atoms with Gasteiger partial charge in [0.05, 0.1) is 12.1 Å². The number of hydrogen-bond donors (Lipinski definition) is 1. The van der Waals surface area contributed by atoms with Crippen molar-refractivity contribution in [2.45, 2.75) is 13.3 Å². The summed E-state index contributed by atoms with van der Waals surface area (Å²) in [6, 6.07) is 8.19. The predicted octanol–water partition coefficient (Wildman–Crippen LogP) is 2.42. The van der Waals surface area contributed by atoms with Crippen molar-refractivity contribution in [2.24, 2.45) is 0 Å². The number of carbonyl (C=O) groups is 1. The van der Waals surface area contributed by atoms with Gasteiger partial charge >= 0.3 is 5.97 Å². The molecule has 1 N–H and O–H groups in total. The molecule has 1 aromatic carbocycles. The van der Waals surface area contributed by atoms with E-state index in [4.69, 9.17) is 5.11 Å². The highest BCUT2D eigenvalue weighted by atomic mass is 16.4. The van der Waals surface area contributed by atoms with E-state index in [0.29, 0.717) is 5.69 Å². The number of hydrogen-bond acceptors (Lipinski definition) is 2. The summed E-state index contributed by atoms with van der Waals surface area (Å²) in [6.07, 6.45) is 3.63. The summed E-state index contributed by atoms with van der Waals surface area (Å²) < 4.78 is 1.88. The van der Waals surface area contributed by atoms with E-state index in [-0.39, 0.29) is 6.42 Å². The SMILES string of the molecule is Cc1ccc2ccn3cc(CC(=O)O)nc3c2c1. The molecule has 90 valence electrons. The molecule has 0 spiro atoms. The first-order chi connectivity index (χ1) is 8.63. The molecule has 0 aliphatic rings. The Morgan fingerprint density at radius 1 is 1.39 bits per heavy atom. The van der Waals surface area contributed by atoms with Crippen LogP contribution in [0.5, 0.6) is 0 Å². The van der Waals surface area contributed by atoms with Crippen LogP contribution in [0.25, 0.3) is 16.4 Å². The summed E-state index contributed by atoms with van der Waals surface area (Å²) in [5, 5.41) is 11.0. The minimum absolute atomic E-state index is 0.0466. The average Bonchev–Trinajstić information content (AvgIpc) is 2.70. The van der Waals surface area contributed by atoms with Crippen LogP contribution in [0.4, 0.5) is 0 Å². The van der Waals surface area contributed by atoms with Crippen molar-refractivity contribution in [3.63, 3.8) is 0 Å². The number of aryl methyl sites for hydroxylation is 1. The molecule has 0 atom stereocenters. The van der Waals surface area contributed by atoms with E-state index in [2.05, 4.69) is 23.2 Å². The number of aromatic nitrogens is 2. The van der Waals surface area contributed by atoms with Gasteiger partial charge in [-0.25, -0.2) is 4.98 Å². The van der Waals surface area contributed by atoms with Crippen LogP contribution in [0.3, 0.4) is 0 Å². The van der Waals surface area contributed by atoms with Crippen molar-refractivity contribution in [1.82, 2.24) is 9.38 Å². The monoisotopic (exact) mass is 240 g/mol. The molecule has 4 heteroatoms. The van der Waals surface area contributed by atoms with Crippen LogP contribution in [0.2, 0.25) is 0 Å². The minimum Gasteiger partial charge on any atom is -0.481 e. The number of nitrogens with zero attached hydrogens (tertiary/aromatic N) is 2. The summed E-state index contributed by atoms with van der Waals surface area (Å²) in [4.78, 5) is 15.1. The van der Waals surface area contributed by atoms with E-state index in [1.54, 1.807) is 6.20 Å². The van der Waals surface area contributed by atoms with Crippen molar-refractivity contribution in [3.8, 4) is 0 Å². The Morgan fingerprint density at radius 2 is 2.22 bits per heavy atom. The molecule has 0 bridgehead atoms. The normalized spacial score (nSPS) is 11.2. The summed E-state index contributed by atoms with van der Waals surface area (Å²) in [7, 11) is 0. The number of benzene rings is 1. The van der Waals surface area contributed by atoms with Crippen molar-refractivity contribution >= 4 is 22.4 Å². The molecule has 3 aromatic rings. The van der Waals surface area contributed by atoms with Gasteiger partial charge in [0.15, 0.2) is 0 Å². The number of imidazole rings is 1. The molecular formula is C14H12N2O2. The first-order valence-electron chi connectivity index (χ1n) is 5.72. The molecule has 0 aliphatic carbocycles. The van der Waals surface area contributed by atoms with Gasteiger partial charge in [-0.2, -0.15) is 0 Å². The lowest BCUT2D eigenvalue weighted by Crippen LogP contribution is -1.99. The molecule has 0 fully saturated rings. The molecule has 0 saturated carbocycles. The van der Waals surface area contributed by atoms with Crippen LogP contribution in [-0.4, -0.2) is 20.5 Å². The van der Waals surface area contributed by atoms with E-state index >= 15 is 0 Å². The zero-order valence-electron chi connectivity index (χ0n) is 9.92. The van der Waals surface area contributed by atoms with Gasteiger partial charge < -0.3 is 9.51 Å². The molecule has 2 heterocycles. The van der Waals surface area contributed by atoms with Gasteiger partial charge in [-0.3, -0.25) is 4.79 Å². The Kier molecular flexibility index (Phi) is 2.30. The minimum atomic E-state index is -0.862. The zero-order valence-corrected chi connectivity index (χ0v) is 9.92. The van der Waals surface area contributed by atoms with E-state index < -0.39 is 5.97 Å². The Balaban J connectivity index is 2.28. The number of rotatable bonds is 2. The number of pyridine rings is 1. The van der Waals surface area contributed by atoms with Crippen LogP contribution in [0, 0.1) is 6.92 Å². The summed E-state index contributed by atoms with van der Waals surface area (Å²) >= 11 is 0. The van der Waals surface area contributed by atoms with Crippen molar-refractivity contribution in [2.75, 3.05) is 0 Å². The molecule has 0 saturated heterocycles. The number of carboxylic acid groups (broad SMARTS) is 1. The molecule has 2 aromatic heterocycles. The highest BCUT2D eigenvalue weighted by molar-refractivity contribution is 5.94. The van der Waals surface area contributed by atoms with Crippen molar-refractivity contribution in [1.29, 1.82) is 0 Å². The van der Waals surface area contributed by atoms with Gasteiger partial charge in [-0.15, -0.1) is 0 Å². The van der Waals surface area contributed by atoms with Gasteiger partial charge in [-0.1, -0.05) is 17.7 Å². The maximum Gasteiger partial charge on any atom is 0.309 e. The Hall–Kier alpha value is -2.36. The van der Waals surface area contributed by atoms with Crippen LogP contribution in [0.15, 0.2) is 36.7 Å². The van der Waals surface area contributed by atoms with E-state index in [0.717, 1.165) is 16.4 Å². The molecule has 0 radical (unpaired) electrons. The van der Waals surface area contributed by atoms with Crippen LogP contribution in [-0.2, 0) is 11.2 Å². The van der Waals surface area contributed by atoms with E-state index in [1.807, 2.05) is 23.6 Å².